The van der Waals surface area contributed by atoms with E-state index in [0.717, 1.165) is 27.8 Å². The van der Waals surface area contributed by atoms with Crippen LogP contribution in [0.25, 0.3) is 89.4 Å². The Hall–Kier alpha value is -7.75. The molecule has 12 rings (SSSR count). The van der Waals surface area contributed by atoms with E-state index in [0.29, 0.717) is 17.5 Å². The second kappa shape index (κ2) is 13.2. The SMILES string of the molecule is c1ccc(-c2nc(-c3ccccc3)nc(-c3cccc(-c4cccc(-c5cc6ccccc6c6c5-c5ccccc5C65c6ccccc6-c6ccccc65)c4)c3)n2)cc1. The van der Waals surface area contributed by atoms with Crippen LogP contribution < -0.4 is 0 Å². The van der Waals surface area contributed by atoms with Gasteiger partial charge in [0, 0.05) is 16.7 Å². The van der Waals surface area contributed by atoms with Crippen LogP contribution in [0.2, 0.25) is 0 Å². The molecule has 1 aromatic heterocycles. The third kappa shape index (κ3) is 5.05. The van der Waals surface area contributed by atoms with Crippen molar-refractivity contribution in [2.45, 2.75) is 5.41 Å². The van der Waals surface area contributed by atoms with Crippen molar-refractivity contribution in [2.75, 3.05) is 0 Å². The fourth-order valence-electron chi connectivity index (χ4n) is 9.84. The van der Waals surface area contributed by atoms with E-state index in [1.165, 1.54) is 66.4 Å². The summed E-state index contributed by atoms with van der Waals surface area (Å²) in [5.74, 6) is 1.94. The Morgan fingerprint density at radius 2 is 0.712 bits per heavy atom. The number of hydrogen-bond donors (Lipinski definition) is 0. The first-order valence-electron chi connectivity index (χ1n) is 20.2. The molecule has 2 aliphatic rings. The van der Waals surface area contributed by atoms with Crippen molar-refractivity contribution in [2.24, 2.45) is 0 Å². The molecule has 0 unspecified atom stereocenters. The molecule has 0 N–H and O–H groups in total. The highest BCUT2D eigenvalue weighted by Crippen LogP contribution is 2.65. The fraction of sp³-hybridized carbons (Fsp3) is 0.0179. The monoisotopic (exact) mass is 749 g/mol. The number of hydrogen-bond acceptors (Lipinski definition) is 3. The Morgan fingerprint density at radius 1 is 0.288 bits per heavy atom. The van der Waals surface area contributed by atoms with Crippen LogP contribution in [0, 0.1) is 0 Å². The Balaban J connectivity index is 1.05. The predicted molar refractivity (Wildman–Crippen MR) is 241 cm³/mol. The van der Waals surface area contributed by atoms with E-state index in [2.05, 4.69) is 152 Å². The lowest BCUT2D eigenvalue weighted by Gasteiger charge is -2.31. The number of aromatic nitrogens is 3. The molecule has 2 aliphatic carbocycles. The molecule has 10 aromatic rings. The maximum atomic E-state index is 5.03. The zero-order chi connectivity index (χ0) is 38.9. The summed E-state index contributed by atoms with van der Waals surface area (Å²) in [5, 5.41) is 2.53. The topological polar surface area (TPSA) is 38.7 Å². The Bertz CT molecular complexity index is 3170. The van der Waals surface area contributed by atoms with Gasteiger partial charge in [-0.3, -0.25) is 0 Å². The van der Waals surface area contributed by atoms with Gasteiger partial charge in [0.2, 0.25) is 0 Å². The lowest BCUT2D eigenvalue weighted by Crippen LogP contribution is -2.26. The molecule has 3 nitrogen and oxygen atoms in total. The van der Waals surface area contributed by atoms with Crippen LogP contribution in [-0.2, 0) is 5.41 Å². The van der Waals surface area contributed by atoms with Gasteiger partial charge in [-0.1, -0.05) is 194 Å². The standard InChI is InChI=1S/C56H35N3/c1-3-17-36(18-4-1)53-57-54(37-19-5-2-6-20-37)59-55(58-53)42-25-16-23-39(34-42)38-22-15-24-40(33-38)47-35-41-21-7-8-26-43(41)52-51(47)46-29-11-14-32-50(46)56(52)48-30-12-9-27-44(48)45-28-10-13-31-49(45)56/h1-35H. The van der Waals surface area contributed by atoms with Crippen molar-refractivity contribution in [3.8, 4) is 78.7 Å². The van der Waals surface area contributed by atoms with Crippen molar-refractivity contribution < 1.29 is 0 Å². The number of benzene rings is 9. The Labute approximate surface area is 343 Å². The van der Waals surface area contributed by atoms with Crippen LogP contribution in [-0.4, -0.2) is 15.0 Å². The van der Waals surface area contributed by atoms with Crippen LogP contribution in [0.15, 0.2) is 212 Å². The molecule has 9 aromatic carbocycles. The normalized spacial score (nSPS) is 12.9. The van der Waals surface area contributed by atoms with Gasteiger partial charge in [0.15, 0.2) is 17.5 Å². The quantitative estimate of drug-likeness (QED) is 0.176. The summed E-state index contributed by atoms with van der Waals surface area (Å²) in [4.78, 5) is 15.0. The largest absolute Gasteiger partial charge is 0.208 e. The highest BCUT2D eigenvalue weighted by atomic mass is 15.0. The third-order valence-electron chi connectivity index (χ3n) is 12.3. The van der Waals surface area contributed by atoms with Gasteiger partial charge in [-0.15, -0.1) is 0 Å². The molecule has 0 radical (unpaired) electrons. The first-order chi connectivity index (χ1) is 29.3. The molecular formula is C56H35N3. The zero-order valence-corrected chi connectivity index (χ0v) is 32.0. The van der Waals surface area contributed by atoms with Crippen LogP contribution in [0.3, 0.4) is 0 Å². The molecule has 0 bridgehead atoms. The van der Waals surface area contributed by atoms with E-state index in [9.17, 15) is 0 Å². The average Bonchev–Trinajstić information content (AvgIpc) is 3.80. The first kappa shape index (κ1) is 33.4. The second-order valence-corrected chi connectivity index (χ2v) is 15.5. The van der Waals surface area contributed by atoms with Gasteiger partial charge < -0.3 is 0 Å². The average molecular weight is 750 g/mol. The summed E-state index contributed by atoms with van der Waals surface area (Å²) in [5.41, 5.74) is 17.7. The summed E-state index contributed by atoms with van der Waals surface area (Å²) in [7, 11) is 0. The van der Waals surface area contributed by atoms with E-state index in [1.807, 2.05) is 60.7 Å². The van der Waals surface area contributed by atoms with Crippen molar-refractivity contribution >= 4 is 10.8 Å². The maximum Gasteiger partial charge on any atom is 0.164 e. The summed E-state index contributed by atoms with van der Waals surface area (Å²) in [6, 6.07) is 76.4. The number of nitrogens with zero attached hydrogens (tertiary/aromatic N) is 3. The first-order valence-corrected chi connectivity index (χ1v) is 20.2. The van der Waals surface area contributed by atoms with Crippen LogP contribution in [0.4, 0.5) is 0 Å². The van der Waals surface area contributed by atoms with Gasteiger partial charge >= 0.3 is 0 Å². The van der Waals surface area contributed by atoms with E-state index in [1.54, 1.807) is 0 Å². The van der Waals surface area contributed by atoms with Gasteiger partial charge in [-0.2, -0.15) is 0 Å². The summed E-state index contributed by atoms with van der Waals surface area (Å²) in [6.45, 7) is 0. The molecule has 3 heteroatoms. The molecule has 0 aliphatic heterocycles. The van der Waals surface area contributed by atoms with E-state index >= 15 is 0 Å². The van der Waals surface area contributed by atoms with E-state index < -0.39 is 5.41 Å². The van der Waals surface area contributed by atoms with Gasteiger partial charge in [0.25, 0.3) is 0 Å². The third-order valence-corrected chi connectivity index (χ3v) is 12.3. The molecule has 0 atom stereocenters. The number of rotatable bonds is 5. The highest BCUT2D eigenvalue weighted by Gasteiger charge is 2.52. The van der Waals surface area contributed by atoms with Crippen LogP contribution in [0.5, 0.6) is 0 Å². The lowest BCUT2D eigenvalue weighted by atomic mass is 9.69. The van der Waals surface area contributed by atoms with Crippen molar-refractivity contribution in [1.29, 1.82) is 0 Å². The Kier molecular flexibility index (Phi) is 7.45. The van der Waals surface area contributed by atoms with Crippen LogP contribution in [0.1, 0.15) is 22.3 Å². The predicted octanol–water partition coefficient (Wildman–Crippen LogP) is 13.7. The molecule has 274 valence electrons. The van der Waals surface area contributed by atoms with E-state index in [4.69, 9.17) is 15.0 Å². The molecule has 0 saturated carbocycles. The molecule has 0 saturated heterocycles. The molecule has 59 heavy (non-hydrogen) atoms. The van der Waals surface area contributed by atoms with Crippen LogP contribution >= 0.6 is 0 Å². The highest BCUT2D eigenvalue weighted by molar-refractivity contribution is 6.09. The van der Waals surface area contributed by atoms with Gasteiger partial charge in [-0.25, -0.2) is 15.0 Å². The minimum Gasteiger partial charge on any atom is -0.208 e. The van der Waals surface area contributed by atoms with Gasteiger partial charge in [0.05, 0.1) is 5.41 Å². The van der Waals surface area contributed by atoms with Crippen molar-refractivity contribution in [3.63, 3.8) is 0 Å². The fourth-order valence-corrected chi connectivity index (χ4v) is 9.84. The second-order valence-electron chi connectivity index (χ2n) is 15.5. The molecule has 0 fully saturated rings. The van der Waals surface area contributed by atoms with Crippen molar-refractivity contribution in [1.82, 2.24) is 15.0 Å². The number of fused-ring (bicyclic) bond motifs is 12. The van der Waals surface area contributed by atoms with Gasteiger partial charge in [0.1, 0.15) is 0 Å². The molecule has 1 spiro atoms. The summed E-state index contributed by atoms with van der Waals surface area (Å²) in [6.07, 6.45) is 0. The molecular weight excluding hydrogens is 715 g/mol. The van der Waals surface area contributed by atoms with Crippen molar-refractivity contribution in [3.05, 3.63) is 235 Å². The zero-order valence-electron chi connectivity index (χ0n) is 32.0. The lowest BCUT2D eigenvalue weighted by molar-refractivity contribution is 0.801. The minimum atomic E-state index is -0.442. The molecule has 0 amide bonds. The minimum absolute atomic E-state index is 0.442. The summed E-state index contributed by atoms with van der Waals surface area (Å²) >= 11 is 0. The van der Waals surface area contributed by atoms with E-state index in [-0.39, 0.29) is 0 Å². The Morgan fingerprint density at radius 3 is 1.32 bits per heavy atom. The summed E-state index contributed by atoms with van der Waals surface area (Å²) < 4.78 is 0. The maximum absolute atomic E-state index is 5.03. The molecule has 1 heterocycles. The smallest absolute Gasteiger partial charge is 0.164 e. The van der Waals surface area contributed by atoms with Gasteiger partial charge in [-0.05, 0) is 95.7 Å².